The van der Waals surface area contributed by atoms with Crippen LogP contribution in [0.1, 0.15) is 76.1 Å². The van der Waals surface area contributed by atoms with E-state index in [1.807, 2.05) is 0 Å². The van der Waals surface area contributed by atoms with Crippen LogP contribution >= 0.6 is 0 Å². The molecule has 1 fully saturated rings. The standard InChI is InChI=1S/C26H36N2O2/c1-25(2,3)19-11-7-17(8-12-19)23(22-15-21(16-28-22)30-24(27)29)18-9-13-20(14-10-18)26(4,5)6/h7-14,21-23,28H,15-16H2,1-6H3,(H2,27,29). The fourth-order valence-electron chi connectivity index (χ4n) is 4.28. The van der Waals surface area contributed by atoms with Crippen LogP contribution in [0.15, 0.2) is 48.5 Å². The third-order valence-corrected chi connectivity index (χ3v) is 6.08. The molecule has 4 heteroatoms. The summed E-state index contributed by atoms with van der Waals surface area (Å²) in [5.74, 6) is 0.175. The lowest BCUT2D eigenvalue weighted by atomic mass is 9.80. The van der Waals surface area contributed by atoms with Crippen molar-refractivity contribution in [2.24, 2.45) is 5.73 Å². The van der Waals surface area contributed by atoms with Gasteiger partial charge in [-0.25, -0.2) is 4.79 Å². The molecule has 1 saturated heterocycles. The topological polar surface area (TPSA) is 64.3 Å². The Balaban J connectivity index is 1.94. The summed E-state index contributed by atoms with van der Waals surface area (Å²) in [7, 11) is 0. The van der Waals surface area contributed by atoms with Gasteiger partial charge in [-0.1, -0.05) is 90.1 Å². The van der Waals surface area contributed by atoms with Gasteiger partial charge in [0.2, 0.25) is 0 Å². The van der Waals surface area contributed by atoms with Crippen LogP contribution in [0.2, 0.25) is 0 Å². The zero-order chi connectivity index (χ0) is 22.1. The molecule has 3 rings (SSSR count). The Morgan fingerprint density at radius 1 is 0.900 bits per heavy atom. The van der Waals surface area contributed by atoms with Crippen molar-refractivity contribution in [3.05, 3.63) is 70.8 Å². The van der Waals surface area contributed by atoms with Crippen LogP contribution in [-0.2, 0) is 15.6 Å². The number of amides is 1. The number of ether oxygens (including phenoxy) is 1. The lowest BCUT2D eigenvalue weighted by Crippen LogP contribution is -2.30. The van der Waals surface area contributed by atoms with Crippen molar-refractivity contribution in [2.75, 3.05) is 6.54 Å². The van der Waals surface area contributed by atoms with Gasteiger partial charge in [-0.2, -0.15) is 0 Å². The smallest absolute Gasteiger partial charge is 0.404 e. The number of hydrogen-bond acceptors (Lipinski definition) is 3. The van der Waals surface area contributed by atoms with Gasteiger partial charge < -0.3 is 15.8 Å². The van der Waals surface area contributed by atoms with E-state index in [1.165, 1.54) is 22.3 Å². The maximum absolute atomic E-state index is 11.2. The van der Waals surface area contributed by atoms with Gasteiger partial charge in [0.25, 0.3) is 0 Å². The molecule has 3 N–H and O–H groups in total. The van der Waals surface area contributed by atoms with Crippen LogP contribution in [0, 0.1) is 0 Å². The monoisotopic (exact) mass is 408 g/mol. The van der Waals surface area contributed by atoms with Gasteiger partial charge >= 0.3 is 6.09 Å². The average molecular weight is 409 g/mol. The maximum Gasteiger partial charge on any atom is 0.404 e. The Kier molecular flexibility index (Phi) is 6.28. The van der Waals surface area contributed by atoms with E-state index in [0.717, 1.165) is 6.42 Å². The molecule has 2 aromatic rings. The molecule has 1 aliphatic rings. The summed E-state index contributed by atoms with van der Waals surface area (Å²) >= 11 is 0. The quantitative estimate of drug-likeness (QED) is 0.727. The molecule has 1 heterocycles. The highest BCUT2D eigenvalue weighted by molar-refractivity contribution is 5.64. The molecule has 2 atom stereocenters. The van der Waals surface area contributed by atoms with Gasteiger partial charge in [0.15, 0.2) is 0 Å². The number of carbonyl (C=O) groups is 1. The molecule has 1 aliphatic heterocycles. The highest BCUT2D eigenvalue weighted by atomic mass is 16.6. The van der Waals surface area contributed by atoms with Crippen LogP contribution in [0.25, 0.3) is 0 Å². The minimum Gasteiger partial charge on any atom is -0.445 e. The van der Waals surface area contributed by atoms with E-state index in [0.29, 0.717) is 6.54 Å². The Hall–Kier alpha value is -2.33. The predicted molar refractivity (Wildman–Crippen MR) is 123 cm³/mol. The molecule has 4 nitrogen and oxygen atoms in total. The first kappa shape index (κ1) is 22.4. The van der Waals surface area contributed by atoms with Gasteiger partial charge in [0.1, 0.15) is 6.10 Å². The molecule has 162 valence electrons. The highest BCUT2D eigenvalue weighted by Gasteiger charge is 2.34. The number of rotatable bonds is 4. The first-order valence-corrected chi connectivity index (χ1v) is 10.9. The van der Waals surface area contributed by atoms with Gasteiger partial charge in [0, 0.05) is 24.9 Å². The van der Waals surface area contributed by atoms with Gasteiger partial charge in [-0.05, 0) is 33.1 Å². The summed E-state index contributed by atoms with van der Waals surface area (Å²) in [6.07, 6.45) is -0.143. The minimum absolute atomic E-state index is 0.119. The number of carbonyl (C=O) groups excluding carboxylic acids is 1. The lowest BCUT2D eigenvalue weighted by Gasteiger charge is -2.27. The molecule has 0 saturated carbocycles. The number of benzene rings is 2. The third kappa shape index (κ3) is 5.23. The largest absolute Gasteiger partial charge is 0.445 e. The maximum atomic E-state index is 11.2. The first-order valence-electron chi connectivity index (χ1n) is 10.9. The summed E-state index contributed by atoms with van der Waals surface area (Å²) in [6, 6.07) is 18.1. The van der Waals surface area contributed by atoms with Crippen molar-refractivity contribution >= 4 is 6.09 Å². The SMILES string of the molecule is CC(C)(C)c1ccc(C(c2ccc(C(C)(C)C)cc2)C2CC(OC(N)=O)CN2)cc1. The number of nitrogens with two attached hydrogens (primary N) is 1. The van der Waals surface area contributed by atoms with Crippen LogP contribution < -0.4 is 11.1 Å². The summed E-state index contributed by atoms with van der Waals surface area (Å²) in [4.78, 5) is 11.2. The molecule has 0 radical (unpaired) electrons. The zero-order valence-electron chi connectivity index (χ0n) is 19.2. The predicted octanol–water partition coefficient (Wildman–Crippen LogP) is 5.24. The van der Waals surface area contributed by atoms with E-state index in [2.05, 4.69) is 95.4 Å². The van der Waals surface area contributed by atoms with E-state index in [-0.39, 0.29) is 28.9 Å². The van der Waals surface area contributed by atoms with Gasteiger partial charge in [-0.15, -0.1) is 0 Å². The molecule has 30 heavy (non-hydrogen) atoms. The van der Waals surface area contributed by atoms with Crippen LogP contribution in [0.4, 0.5) is 4.79 Å². The molecule has 0 spiro atoms. The molecule has 0 aliphatic carbocycles. The second kappa shape index (κ2) is 8.43. The summed E-state index contributed by atoms with van der Waals surface area (Å²) in [5.41, 5.74) is 10.7. The Morgan fingerprint density at radius 2 is 1.33 bits per heavy atom. The van der Waals surface area contributed by atoms with Crippen molar-refractivity contribution < 1.29 is 9.53 Å². The second-order valence-corrected chi connectivity index (χ2v) is 10.5. The molecule has 0 aromatic heterocycles. The van der Waals surface area contributed by atoms with Crippen LogP contribution in [-0.4, -0.2) is 24.8 Å². The van der Waals surface area contributed by atoms with Crippen LogP contribution in [0.3, 0.4) is 0 Å². The van der Waals surface area contributed by atoms with Gasteiger partial charge in [-0.3, -0.25) is 0 Å². The number of nitrogens with one attached hydrogen (secondary N) is 1. The fraction of sp³-hybridized carbons (Fsp3) is 0.500. The molecular weight excluding hydrogens is 372 g/mol. The van der Waals surface area contributed by atoms with E-state index in [1.54, 1.807) is 0 Å². The molecule has 2 unspecified atom stereocenters. The van der Waals surface area contributed by atoms with E-state index in [9.17, 15) is 4.79 Å². The van der Waals surface area contributed by atoms with E-state index in [4.69, 9.17) is 10.5 Å². The van der Waals surface area contributed by atoms with Crippen molar-refractivity contribution in [2.45, 2.75) is 76.9 Å². The summed E-state index contributed by atoms with van der Waals surface area (Å²) in [5, 5.41) is 3.57. The number of primary amides is 1. The Morgan fingerprint density at radius 3 is 1.70 bits per heavy atom. The van der Waals surface area contributed by atoms with Crippen molar-refractivity contribution in [3.63, 3.8) is 0 Å². The molecule has 1 amide bonds. The Labute approximate surface area is 181 Å². The highest BCUT2D eigenvalue weighted by Crippen LogP contribution is 2.35. The molecule has 0 bridgehead atoms. The lowest BCUT2D eigenvalue weighted by molar-refractivity contribution is 0.115. The third-order valence-electron chi connectivity index (χ3n) is 6.08. The van der Waals surface area contributed by atoms with Crippen molar-refractivity contribution in [3.8, 4) is 0 Å². The van der Waals surface area contributed by atoms with Crippen molar-refractivity contribution in [1.82, 2.24) is 5.32 Å². The normalized spacial score (nSPS) is 19.8. The first-order chi connectivity index (χ1) is 13.9. The number of hydrogen-bond donors (Lipinski definition) is 2. The summed E-state index contributed by atoms with van der Waals surface area (Å²) < 4.78 is 5.27. The molecular formula is C26H36N2O2. The average Bonchev–Trinajstić information content (AvgIpc) is 3.08. The van der Waals surface area contributed by atoms with Crippen LogP contribution in [0.5, 0.6) is 0 Å². The second-order valence-electron chi connectivity index (χ2n) is 10.5. The Bertz CT molecular complexity index is 800. The van der Waals surface area contributed by atoms with E-state index >= 15 is 0 Å². The van der Waals surface area contributed by atoms with E-state index < -0.39 is 6.09 Å². The van der Waals surface area contributed by atoms with Crippen molar-refractivity contribution in [1.29, 1.82) is 0 Å². The minimum atomic E-state index is -0.705. The summed E-state index contributed by atoms with van der Waals surface area (Å²) in [6.45, 7) is 14.0. The molecule has 2 aromatic carbocycles. The van der Waals surface area contributed by atoms with Gasteiger partial charge in [0.05, 0.1) is 0 Å². The zero-order valence-corrected chi connectivity index (χ0v) is 19.2. The fourth-order valence-corrected chi connectivity index (χ4v) is 4.28.